The quantitative estimate of drug-likeness (QED) is 0.676. The van der Waals surface area contributed by atoms with Gasteiger partial charge in [0.2, 0.25) is 0 Å². The summed E-state index contributed by atoms with van der Waals surface area (Å²) in [6.07, 6.45) is 0. The molecule has 2 aromatic rings. The molecule has 0 aliphatic rings. The molecule has 0 aliphatic carbocycles. The van der Waals surface area contributed by atoms with Gasteiger partial charge >= 0.3 is 0 Å². The number of carbonyl (C=O) groups excluding carboxylic acids is 1. The maximum atomic E-state index is 11.9. The highest BCUT2D eigenvalue weighted by atomic mass is 16.6. The van der Waals surface area contributed by atoms with E-state index in [1.54, 1.807) is 24.3 Å². The Bertz CT molecular complexity index is 604. The molecule has 0 saturated carbocycles. The van der Waals surface area contributed by atoms with E-state index in [-0.39, 0.29) is 11.6 Å². The average molecular weight is 255 g/mol. The molecule has 95 valence electrons. The number of nitro benzene ring substituents is 1. The Morgan fingerprint density at radius 1 is 1.05 bits per heavy atom. The third-order valence-electron chi connectivity index (χ3n) is 2.55. The fourth-order valence-electron chi connectivity index (χ4n) is 1.53. The number of hydrogen-bond acceptors (Lipinski definition) is 3. The number of amides is 1. The van der Waals surface area contributed by atoms with Gasteiger partial charge in [0.1, 0.15) is 0 Å². The second kappa shape index (κ2) is 5.30. The van der Waals surface area contributed by atoms with Crippen LogP contribution in [0.4, 0.5) is 11.4 Å². The van der Waals surface area contributed by atoms with Gasteiger partial charge in [0.05, 0.1) is 4.92 Å². The average Bonchev–Trinajstić information content (AvgIpc) is 2.41. The SMILES string of the molecule is [CH2]c1ccc(NC(=O)c2ccc([N+](=O)[O-])cc2)cc1. The summed E-state index contributed by atoms with van der Waals surface area (Å²) in [5, 5.41) is 13.2. The summed E-state index contributed by atoms with van der Waals surface area (Å²) >= 11 is 0. The minimum atomic E-state index is -0.505. The Balaban J connectivity index is 2.11. The number of nitrogens with zero attached hydrogens (tertiary/aromatic N) is 1. The van der Waals surface area contributed by atoms with Crippen LogP contribution >= 0.6 is 0 Å². The Morgan fingerprint density at radius 3 is 2.16 bits per heavy atom. The van der Waals surface area contributed by atoms with Gasteiger partial charge in [0, 0.05) is 23.4 Å². The van der Waals surface area contributed by atoms with Gasteiger partial charge in [-0.1, -0.05) is 12.1 Å². The maximum Gasteiger partial charge on any atom is 0.269 e. The number of benzene rings is 2. The standard InChI is InChI=1S/C14H11N2O3/c1-10-2-6-12(7-3-10)15-14(17)11-4-8-13(9-5-11)16(18)19/h2-9H,1H2,(H,15,17). The Kier molecular flexibility index (Phi) is 3.56. The van der Waals surface area contributed by atoms with E-state index in [0.29, 0.717) is 11.3 Å². The summed E-state index contributed by atoms with van der Waals surface area (Å²) < 4.78 is 0. The predicted molar refractivity (Wildman–Crippen MR) is 72.0 cm³/mol. The summed E-state index contributed by atoms with van der Waals surface area (Å²) in [5.74, 6) is -0.313. The Hall–Kier alpha value is -2.69. The number of rotatable bonds is 3. The largest absolute Gasteiger partial charge is 0.322 e. The molecule has 2 rings (SSSR count). The molecule has 0 aliphatic heterocycles. The molecule has 0 spiro atoms. The lowest BCUT2D eigenvalue weighted by atomic mass is 10.2. The topological polar surface area (TPSA) is 72.2 Å². The van der Waals surface area contributed by atoms with Gasteiger partial charge in [-0.3, -0.25) is 14.9 Å². The molecule has 0 atom stereocenters. The van der Waals surface area contributed by atoms with Crippen LogP contribution in [0.2, 0.25) is 0 Å². The molecule has 0 heterocycles. The van der Waals surface area contributed by atoms with Crippen molar-refractivity contribution in [3.63, 3.8) is 0 Å². The number of nitrogens with one attached hydrogen (secondary N) is 1. The monoisotopic (exact) mass is 255 g/mol. The minimum Gasteiger partial charge on any atom is -0.322 e. The zero-order valence-electron chi connectivity index (χ0n) is 10.00. The molecule has 1 radical (unpaired) electrons. The van der Waals surface area contributed by atoms with Crippen LogP contribution in [-0.4, -0.2) is 10.8 Å². The van der Waals surface area contributed by atoms with Gasteiger partial charge in [-0.15, -0.1) is 0 Å². The van der Waals surface area contributed by atoms with Crippen LogP contribution in [0.25, 0.3) is 0 Å². The van der Waals surface area contributed by atoms with Gasteiger partial charge in [0.15, 0.2) is 0 Å². The van der Waals surface area contributed by atoms with Crippen molar-refractivity contribution in [3.8, 4) is 0 Å². The molecule has 1 amide bonds. The van der Waals surface area contributed by atoms with Crippen LogP contribution in [0.1, 0.15) is 15.9 Å². The molecule has 0 saturated heterocycles. The molecule has 1 N–H and O–H groups in total. The van der Waals surface area contributed by atoms with Gasteiger partial charge in [-0.2, -0.15) is 0 Å². The number of nitro groups is 1. The fourth-order valence-corrected chi connectivity index (χ4v) is 1.53. The minimum absolute atomic E-state index is 0.0436. The van der Waals surface area contributed by atoms with Crippen molar-refractivity contribution in [2.24, 2.45) is 0 Å². The van der Waals surface area contributed by atoms with E-state index < -0.39 is 4.92 Å². The van der Waals surface area contributed by atoms with Crippen LogP contribution in [-0.2, 0) is 0 Å². The van der Waals surface area contributed by atoms with Crippen molar-refractivity contribution < 1.29 is 9.72 Å². The van der Waals surface area contributed by atoms with Crippen molar-refractivity contribution in [1.82, 2.24) is 0 Å². The van der Waals surface area contributed by atoms with Crippen molar-refractivity contribution in [2.75, 3.05) is 5.32 Å². The highest BCUT2D eigenvalue weighted by Crippen LogP contribution is 2.14. The molecule has 5 nitrogen and oxygen atoms in total. The third kappa shape index (κ3) is 3.16. The Morgan fingerprint density at radius 2 is 1.63 bits per heavy atom. The first-order chi connectivity index (χ1) is 9.06. The molecule has 19 heavy (non-hydrogen) atoms. The molecule has 5 heteroatoms. The van der Waals surface area contributed by atoms with E-state index >= 15 is 0 Å². The maximum absolute atomic E-state index is 11.9. The molecule has 0 bridgehead atoms. The first kappa shape index (κ1) is 12.8. The number of anilines is 1. The second-order valence-electron chi connectivity index (χ2n) is 3.96. The predicted octanol–water partition coefficient (Wildman–Crippen LogP) is 3.03. The van der Waals surface area contributed by atoms with Crippen LogP contribution in [0.15, 0.2) is 48.5 Å². The Labute approximate surface area is 110 Å². The van der Waals surface area contributed by atoms with E-state index in [0.717, 1.165) is 5.56 Å². The first-order valence-electron chi connectivity index (χ1n) is 5.54. The van der Waals surface area contributed by atoms with E-state index in [1.165, 1.54) is 24.3 Å². The highest BCUT2D eigenvalue weighted by Gasteiger charge is 2.09. The van der Waals surface area contributed by atoms with Gasteiger partial charge in [-0.25, -0.2) is 0 Å². The molecule has 0 aromatic heterocycles. The highest BCUT2D eigenvalue weighted by molar-refractivity contribution is 6.04. The number of non-ortho nitro benzene ring substituents is 1. The summed E-state index contributed by atoms with van der Waals surface area (Å²) in [7, 11) is 0. The summed E-state index contributed by atoms with van der Waals surface area (Å²) in [4.78, 5) is 21.9. The van der Waals surface area contributed by atoms with Crippen molar-refractivity contribution >= 4 is 17.3 Å². The number of carbonyl (C=O) groups is 1. The van der Waals surface area contributed by atoms with E-state index in [2.05, 4.69) is 12.2 Å². The van der Waals surface area contributed by atoms with Crippen LogP contribution in [0.5, 0.6) is 0 Å². The summed E-state index contributed by atoms with van der Waals surface area (Å²) in [6.45, 7) is 3.75. The molecule has 0 fully saturated rings. The first-order valence-corrected chi connectivity index (χ1v) is 5.54. The zero-order chi connectivity index (χ0) is 13.8. The molecular weight excluding hydrogens is 244 g/mol. The third-order valence-corrected chi connectivity index (χ3v) is 2.55. The van der Waals surface area contributed by atoms with Crippen LogP contribution < -0.4 is 5.32 Å². The van der Waals surface area contributed by atoms with E-state index in [4.69, 9.17) is 0 Å². The lowest BCUT2D eigenvalue weighted by Crippen LogP contribution is -2.11. The number of hydrogen-bond donors (Lipinski definition) is 1. The lowest BCUT2D eigenvalue weighted by Gasteiger charge is -2.05. The second-order valence-corrected chi connectivity index (χ2v) is 3.96. The van der Waals surface area contributed by atoms with Gasteiger partial charge in [-0.05, 0) is 36.8 Å². The smallest absolute Gasteiger partial charge is 0.269 e. The van der Waals surface area contributed by atoms with E-state index in [1.807, 2.05) is 0 Å². The van der Waals surface area contributed by atoms with Crippen LogP contribution in [0, 0.1) is 17.0 Å². The van der Waals surface area contributed by atoms with Crippen molar-refractivity contribution in [3.05, 3.63) is 76.7 Å². The molecular formula is C14H11N2O3. The normalized spacial score (nSPS) is 9.95. The summed E-state index contributed by atoms with van der Waals surface area (Å²) in [5.41, 5.74) is 1.83. The van der Waals surface area contributed by atoms with Gasteiger partial charge < -0.3 is 5.32 Å². The van der Waals surface area contributed by atoms with Crippen LogP contribution in [0.3, 0.4) is 0 Å². The van der Waals surface area contributed by atoms with Crippen molar-refractivity contribution in [1.29, 1.82) is 0 Å². The fraction of sp³-hybridized carbons (Fsp3) is 0. The van der Waals surface area contributed by atoms with Gasteiger partial charge in [0.25, 0.3) is 11.6 Å². The zero-order valence-corrected chi connectivity index (χ0v) is 10.00. The molecule has 0 unspecified atom stereocenters. The van der Waals surface area contributed by atoms with Crippen molar-refractivity contribution in [2.45, 2.75) is 0 Å². The van der Waals surface area contributed by atoms with E-state index in [9.17, 15) is 14.9 Å². The lowest BCUT2D eigenvalue weighted by molar-refractivity contribution is -0.384. The summed E-state index contributed by atoms with van der Waals surface area (Å²) in [6, 6.07) is 12.5. The molecule has 2 aromatic carbocycles.